The summed E-state index contributed by atoms with van der Waals surface area (Å²) in [7, 11) is 1.32. The Balaban J connectivity index is 2.00. The van der Waals surface area contributed by atoms with E-state index in [1.807, 2.05) is 66.7 Å². The zero-order valence-corrected chi connectivity index (χ0v) is 20.8. The molecule has 2 atom stereocenters. The van der Waals surface area contributed by atoms with E-state index in [0.29, 0.717) is 12.8 Å². The summed E-state index contributed by atoms with van der Waals surface area (Å²) in [6.07, 6.45) is 3.66. The lowest BCUT2D eigenvalue weighted by Gasteiger charge is -2.38. The number of methoxy groups -OCH3 is 1. The first-order chi connectivity index (χ1) is 16.7. The molecule has 1 heterocycles. The zero-order chi connectivity index (χ0) is 25.4. The van der Waals surface area contributed by atoms with E-state index < -0.39 is 29.7 Å². The third-order valence-corrected chi connectivity index (χ3v) is 5.74. The molecule has 0 aliphatic carbocycles. The lowest BCUT2D eigenvalue weighted by molar-refractivity contribution is -0.154. The zero-order valence-electron chi connectivity index (χ0n) is 20.8. The van der Waals surface area contributed by atoms with Crippen molar-refractivity contribution in [3.8, 4) is 0 Å². The Morgan fingerprint density at radius 2 is 1.51 bits per heavy atom. The molecular formula is C28H34N2O5. The minimum atomic E-state index is -0.847. The summed E-state index contributed by atoms with van der Waals surface area (Å²) in [6.45, 7) is 5.83. The van der Waals surface area contributed by atoms with Crippen LogP contribution in [-0.2, 0) is 31.9 Å². The van der Waals surface area contributed by atoms with Gasteiger partial charge in [0.15, 0.2) is 0 Å². The summed E-state index contributed by atoms with van der Waals surface area (Å²) >= 11 is 0. The molecule has 0 saturated heterocycles. The van der Waals surface area contributed by atoms with Gasteiger partial charge in [-0.3, -0.25) is 9.69 Å². The van der Waals surface area contributed by atoms with Crippen LogP contribution in [0, 0.1) is 0 Å². The number of nitrogens with zero attached hydrogens (tertiary/aromatic N) is 2. The fourth-order valence-electron chi connectivity index (χ4n) is 4.05. The lowest BCUT2D eigenvalue weighted by Crippen LogP contribution is -2.58. The van der Waals surface area contributed by atoms with Crippen LogP contribution >= 0.6 is 0 Å². The SMILES string of the molecule is COC(=O)[C@H](Cc1ccccc1)N1C/C=C\CN(C(=O)OC(C)(C)C)[C@@H](Cc2ccccc2)C1=O. The molecule has 3 rings (SSSR count). The Bertz CT molecular complexity index is 1030. The summed E-state index contributed by atoms with van der Waals surface area (Å²) in [6, 6.07) is 17.3. The molecule has 186 valence electrons. The van der Waals surface area contributed by atoms with E-state index in [1.54, 1.807) is 26.8 Å². The van der Waals surface area contributed by atoms with Crippen molar-refractivity contribution >= 4 is 18.0 Å². The van der Waals surface area contributed by atoms with Crippen molar-refractivity contribution in [2.45, 2.75) is 51.3 Å². The number of carbonyl (C=O) groups excluding carboxylic acids is 3. The molecule has 0 bridgehead atoms. The van der Waals surface area contributed by atoms with Gasteiger partial charge in [-0.25, -0.2) is 9.59 Å². The van der Waals surface area contributed by atoms with E-state index in [4.69, 9.17) is 9.47 Å². The molecule has 2 amide bonds. The standard InChI is InChI=1S/C28H34N2O5/c1-28(2,3)35-27(33)30-18-12-11-17-29(25(31)23(30)19-21-13-7-5-8-14-21)24(26(32)34-4)20-22-15-9-6-10-16-22/h5-16,23-24H,17-20H2,1-4H3/b12-11-/t23-,24-/m0/s1. The van der Waals surface area contributed by atoms with Gasteiger partial charge >= 0.3 is 12.1 Å². The Kier molecular flexibility index (Phi) is 8.68. The van der Waals surface area contributed by atoms with Crippen LogP contribution in [0.2, 0.25) is 0 Å². The van der Waals surface area contributed by atoms with Gasteiger partial charge in [-0.15, -0.1) is 0 Å². The molecule has 1 aliphatic rings. The largest absolute Gasteiger partial charge is 0.467 e. The van der Waals surface area contributed by atoms with Crippen LogP contribution in [0.5, 0.6) is 0 Å². The predicted octanol–water partition coefficient (Wildman–Crippen LogP) is 4.02. The number of amides is 2. The van der Waals surface area contributed by atoms with Crippen LogP contribution in [0.3, 0.4) is 0 Å². The van der Waals surface area contributed by atoms with Crippen molar-refractivity contribution in [2.75, 3.05) is 20.2 Å². The Morgan fingerprint density at radius 1 is 0.943 bits per heavy atom. The first kappa shape index (κ1) is 26.0. The first-order valence-electron chi connectivity index (χ1n) is 11.8. The smallest absolute Gasteiger partial charge is 0.411 e. The highest BCUT2D eigenvalue weighted by Gasteiger charge is 2.40. The average Bonchev–Trinajstić information content (AvgIpc) is 2.82. The van der Waals surface area contributed by atoms with Crippen molar-refractivity contribution < 1.29 is 23.9 Å². The van der Waals surface area contributed by atoms with E-state index in [9.17, 15) is 14.4 Å². The molecule has 0 fully saturated rings. The third-order valence-electron chi connectivity index (χ3n) is 5.74. The maximum atomic E-state index is 14.1. The minimum Gasteiger partial charge on any atom is -0.467 e. The molecular weight excluding hydrogens is 444 g/mol. The Labute approximate surface area is 207 Å². The summed E-state index contributed by atoms with van der Waals surface area (Å²) in [5, 5.41) is 0. The molecule has 0 N–H and O–H groups in total. The highest BCUT2D eigenvalue weighted by atomic mass is 16.6. The van der Waals surface area contributed by atoms with Gasteiger partial charge in [0.05, 0.1) is 7.11 Å². The number of carbonyl (C=O) groups is 3. The van der Waals surface area contributed by atoms with Crippen LogP contribution in [0.4, 0.5) is 4.79 Å². The fraction of sp³-hybridized carbons (Fsp3) is 0.393. The van der Waals surface area contributed by atoms with E-state index >= 15 is 0 Å². The molecule has 7 heteroatoms. The average molecular weight is 479 g/mol. The summed E-state index contributed by atoms with van der Waals surface area (Å²) < 4.78 is 10.7. The van der Waals surface area contributed by atoms with Gasteiger partial charge in [0.25, 0.3) is 0 Å². The molecule has 35 heavy (non-hydrogen) atoms. The molecule has 0 spiro atoms. The summed E-state index contributed by atoms with van der Waals surface area (Å²) in [4.78, 5) is 43.1. The van der Waals surface area contributed by atoms with Crippen molar-refractivity contribution in [3.63, 3.8) is 0 Å². The number of hydrogen-bond acceptors (Lipinski definition) is 5. The fourth-order valence-corrected chi connectivity index (χ4v) is 4.05. The Hall–Kier alpha value is -3.61. The number of benzene rings is 2. The van der Waals surface area contributed by atoms with E-state index in [2.05, 4.69) is 0 Å². The molecule has 0 saturated carbocycles. The maximum absolute atomic E-state index is 14.1. The van der Waals surface area contributed by atoms with Gasteiger partial charge in [0.1, 0.15) is 17.7 Å². The normalized spacial score (nSPS) is 18.3. The highest BCUT2D eigenvalue weighted by Crippen LogP contribution is 2.21. The number of esters is 1. The lowest BCUT2D eigenvalue weighted by atomic mass is 9.99. The van der Waals surface area contributed by atoms with Crippen molar-refractivity contribution in [1.29, 1.82) is 0 Å². The first-order valence-corrected chi connectivity index (χ1v) is 11.8. The van der Waals surface area contributed by atoms with Gasteiger partial charge < -0.3 is 14.4 Å². The number of ether oxygens (including phenoxy) is 2. The summed E-state index contributed by atoms with van der Waals surface area (Å²) in [5.74, 6) is -0.825. The van der Waals surface area contributed by atoms with E-state index in [1.165, 1.54) is 16.9 Å². The molecule has 7 nitrogen and oxygen atoms in total. The minimum absolute atomic E-state index is 0.230. The van der Waals surface area contributed by atoms with Gasteiger partial charge in [-0.1, -0.05) is 72.8 Å². The van der Waals surface area contributed by atoms with Gasteiger partial charge in [0, 0.05) is 25.9 Å². The summed E-state index contributed by atoms with van der Waals surface area (Å²) in [5.41, 5.74) is 1.09. The van der Waals surface area contributed by atoms with Crippen LogP contribution in [-0.4, -0.2) is 65.7 Å². The van der Waals surface area contributed by atoms with Gasteiger partial charge in [0.2, 0.25) is 5.91 Å². The topological polar surface area (TPSA) is 76.2 Å². The van der Waals surface area contributed by atoms with Crippen LogP contribution in [0.15, 0.2) is 72.8 Å². The van der Waals surface area contributed by atoms with Crippen LogP contribution in [0.1, 0.15) is 31.9 Å². The quantitative estimate of drug-likeness (QED) is 0.463. The monoisotopic (exact) mass is 478 g/mol. The molecule has 2 aromatic carbocycles. The van der Waals surface area contributed by atoms with E-state index in [-0.39, 0.29) is 19.0 Å². The molecule has 1 aliphatic heterocycles. The third kappa shape index (κ3) is 7.18. The molecule has 0 aromatic heterocycles. The second kappa shape index (κ2) is 11.7. The Morgan fingerprint density at radius 3 is 2.09 bits per heavy atom. The van der Waals surface area contributed by atoms with Crippen LogP contribution < -0.4 is 0 Å². The van der Waals surface area contributed by atoms with E-state index in [0.717, 1.165) is 11.1 Å². The van der Waals surface area contributed by atoms with Crippen molar-refractivity contribution in [1.82, 2.24) is 9.80 Å². The van der Waals surface area contributed by atoms with Crippen LogP contribution in [0.25, 0.3) is 0 Å². The van der Waals surface area contributed by atoms with Crippen molar-refractivity contribution in [2.24, 2.45) is 0 Å². The highest BCUT2D eigenvalue weighted by molar-refractivity contribution is 5.90. The van der Waals surface area contributed by atoms with Gasteiger partial charge in [-0.05, 0) is 31.9 Å². The molecule has 0 radical (unpaired) electrons. The number of rotatable bonds is 6. The van der Waals surface area contributed by atoms with Gasteiger partial charge in [-0.2, -0.15) is 0 Å². The molecule has 0 unspecified atom stereocenters. The maximum Gasteiger partial charge on any atom is 0.411 e. The number of hydrogen-bond donors (Lipinski definition) is 0. The second-order valence-electron chi connectivity index (χ2n) is 9.53. The second-order valence-corrected chi connectivity index (χ2v) is 9.53. The predicted molar refractivity (Wildman–Crippen MR) is 134 cm³/mol. The van der Waals surface area contributed by atoms with Crippen molar-refractivity contribution in [3.05, 3.63) is 83.9 Å². The molecule has 2 aromatic rings.